The molecule has 1 aromatic heterocycles. The van der Waals surface area contributed by atoms with E-state index in [0.29, 0.717) is 11.4 Å². The first kappa shape index (κ1) is 30.4. The number of nitrogens with one attached hydrogen (secondary N) is 2. The van der Waals surface area contributed by atoms with Crippen molar-refractivity contribution >= 4 is 52.0 Å². The maximum absolute atomic E-state index is 13.2. The third-order valence-corrected chi connectivity index (χ3v) is 7.87. The number of para-hydroxylation sites is 1. The number of likely N-dealkylation sites (N-methyl/N-ethyl adjacent to an activating group) is 1. The van der Waals surface area contributed by atoms with Gasteiger partial charge in [-0.05, 0) is 49.6 Å². The minimum Gasteiger partial charge on any atom is -0.362 e. The van der Waals surface area contributed by atoms with Crippen LogP contribution in [0.25, 0.3) is 11.8 Å². The summed E-state index contributed by atoms with van der Waals surface area (Å²) < 4.78 is 38.9. The monoisotopic (exact) mass is 598 g/mol. The maximum Gasteiger partial charge on any atom is 0.405 e. The molecule has 0 radical (unpaired) electrons. The van der Waals surface area contributed by atoms with Gasteiger partial charge in [-0.1, -0.05) is 24.3 Å². The molecule has 0 unspecified atom stereocenters. The molecule has 13 heteroatoms. The Kier molecular flexibility index (Phi) is 9.37. The molecule has 220 valence electrons. The Hall–Kier alpha value is -4.57. The standard InChI is InChI=1S/C29H29F3N6O3S/c1-3-38-27(41)24(42-28(38)22(15-33)26(40)35-18-29(30,31)32)16-34-20-10-6-11-21(14-20)36(2)25(39)17-37-13-7-9-19-8-4-5-12-23(19)37/h4-6,8,10-12,14,16,34H,3,7,9,13,17-18H2,1-2H3,(H,35,40). The van der Waals surface area contributed by atoms with Crippen LogP contribution in [0.3, 0.4) is 0 Å². The number of nitrogens with zero attached hydrogens (tertiary/aromatic N) is 4. The summed E-state index contributed by atoms with van der Waals surface area (Å²) in [5.41, 5.74) is 2.40. The van der Waals surface area contributed by atoms with E-state index in [1.54, 1.807) is 54.5 Å². The molecular formula is C29H29F3N6O3S. The van der Waals surface area contributed by atoms with E-state index in [0.717, 1.165) is 41.0 Å². The second-order valence-electron chi connectivity index (χ2n) is 9.55. The van der Waals surface area contributed by atoms with E-state index in [4.69, 9.17) is 0 Å². The van der Waals surface area contributed by atoms with Crippen molar-refractivity contribution in [3.63, 3.8) is 0 Å². The zero-order valence-corrected chi connectivity index (χ0v) is 23.8. The topological polar surface area (TPSA) is 110 Å². The number of fused-ring (bicyclic) bond motifs is 1. The van der Waals surface area contributed by atoms with Crippen LogP contribution in [0.15, 0.2) is 53.3 Å². The maximum atomic E-state index is 13.2. The highest BCUT2D eigenvalue weighted by Gasteiger charge is 2.29. The Labute approximate surface area is 243 Å². The normalized spacial score (nSPS) is 14.1. The van der Waals surface area contributed by atoms with E-state index in [1.165, 1.54) is 11.8 Å². The van der Waals surface area contributed by atoms with Crippen LogP contribution >= 0.6 is 11.3 Å². The molecule has 0 aliphatic carbocycles. The first-order valence-electron chi connectivity index (χ1n) is 13.2. The number of nitriles is 1. The van der Waals surface area contributed by atoms with Gasteiger partial charge in [-0.15, -0.1) is 11.3 Å². The average Bonchev–Trinajstić information content (AvgIpc) is 3.29. The number of alkyl halides is 3. The molecule has 0 atom stereocenters. The van der Waals surface area contributed by atoms with Crippen LogP contribution in [-0.2, 0) is 22.6 Å². The van der Waals surface area contributed by atoms with E-state index in [-0.39, 0.29) is 28.2 Å². The summed E-state index contributed by atoms with van der Waals surface area (Å²) in [7, 11) is 1.69. The fourth-order valence-corrected chi connectivity index (χ4v) is 5.69. The second kappa shape index (κ2) is 12.9. The SMILES string of the molecule is CCn1c(=C(C#N)C(=O)NCC(F)(F)F)sc(=CNc2cccc(N(C)C(=O)CN3CCCc4ccccc43)c2)c1=O. The van der Waals surface area contributed by atoms with Crippen molar-refractivity contribution < 1.29 is 22.8 Å². The number of rotatable bonds is 8. The molecule has 0 saturated heterocycles. The van der Waals surface area contributed by atoms with Gasteiger partial charge in [0.25, 0.3) is 11.5 Å². The van der Waals surface area contributed by atoms with Crippen LogP contribution in [-0.4, -0.2) is 49.2 Å². The van der Waals surface area contributed by atoms with Gasteiger partial charge in [0.15, 0.2) is 5.57 Å². The highest BCUT2D eigenvalue weighted by molar-refractivity contribution is 7.07. The number of thiazole rings is 1. The minimum absolute atomic E-state index is 0.0453. The van der Waals surface area contributed by atoms with Gasteiger partial charge in [-0.25, -0.2) is 0 Å². The lowest BCUT2D eigenvalue weighted by molar-refractivity contribution is -0.135. The van der Waals surface area contributed by atoms with Gasteiger partial charge < -0.3 is 20.4 Å². The Morgan fingerprint density at radius 1 is 1.19 bits per heavy atom. The number of halogens is 3. The predicted octanol–water partition coefficient (Wildman–Crippen LogP) is 2.55. The van der Waals surface area contributed by atoms with Crippen molar-refractivity contribution in [1.82, 2.24) is 9.88 Å². The third-order valence-electron chi connectivity index (χ3n) is 6.74. The first-order valence-corrected chi connectivity index (χ1v) is 14.0. The summed E-state index contributed by atoms with van der Waals surface area (Å²) in [6.45, 7) is 1.13. The second-order valence-corrected chi connectivity index (χ2v) is 10.6. The summed E-state index contributed by atoms with van der Waals surface area (Å²) >= 11 is 0.814. The van der Waals surface area contributed by atoms with Crippen molar-refractivity contribution in [2.45, 2.75) is 32.5 Å². The molecule has 2 aromatic carbocycles. The van der Waals surface area contributed by atoms with Gasteiger partial charge in [0, 0.05) is 43.4 Å². The Morgan fingerprint density at radius 3 is 2.67 bits per heavy atom. The number of amides is 2. The number of benzene rings is 2. The molecule has 9 nitrogen and oxygen atoms in total. The Balaban J connectivity index is 1.54. The molecule has 2 heterocycles. The lowest BCUT2D eigenvalue weighted by Gasteiger charge is -2.32. The molecule has 1 aliphatic rings. The van der Waals surface area contributed by atoms with Crippen molar-refractivity contribution in [2.24, 2.45) is 0 Å². The zero-order chi connectivity index (χ0) is 30.4. The zero-order valence-electron chi connectivity index (χ0n) is 23.0. The number of carbonyl (C=O) groups excluding carboxylic acids is 2. The number of anilines is 3. The fourth-order valence-electron chi connectivity index (χ4n) is 4.60. The lowest BCUT2D eigenvalue weighted by Crippen LogP contribution is -2.40. The fraction of sp³-hybridized carbons (Fsp3) is 0.310. The molecule has 2 N–H and O–H groups in total. The summed E-state index contributed by atoms with van der Waals surface area (Å²) in [6.07, 6.45) is -1.29. The van der Waals surface area contributed by atoms with Crippen LogP contribution in [0, 0.1) is 11.3 Å². The van der Waals surface area contributed by atoms with Crippen molar-refractivity contribution in [3.05, 3.63) is 73.6 Å². The molecule has 2 amide bonds. The van der Waals surface area contributed by atoms with Gasteiger partial charge >= 0.3 is 6.18 Å². The summed E-state index contributed by atoms with van der Waals surface area (Å²) in [5.74, 6) is -1.31. The van der Waals surface area contributed by atoms with Crippen LogP contribution in [0.2, 0.25) is 0 Å². The largest absolute Gasteiger partial charge is 0.405 e. The van der Waals surface area contributed by atoms with E-state index < -0.39 is 29.8 Å². The number of carbonyl (C=O) groups is 2. The van der Waals surface area contributed by atoms with E-state index >= 15 is 0 Å². The molecule has 0 saturated carbocycles. The summed E-state index contributed by atoms with van der Waals surface area (Å²) in [5, 5.41) is 14.2. The minimum atomic E-state index is -4.65. The quantitative estimate of drug-likeness (QED) is 0.413. The van der Waals surface area contributed by atoms with Crippen LogP contribution in [0.1, 0.15) is 18.9 Å². The van der Waals surface area contributed by atoms with Gasteiger partial charge in [0.1, 0.15) is 21.8 Å². The summed E-state index contributed by atoms with van der Waals surface area (Å²) in [4.78, 5) is 42.1. The molecule has 1 aliphatic heterocycles. The van der Waals surface area contributed by atoms with Crippen molar-refractivity contribution in [2.75, 3.05) is 41.8 Å². The number of aromatic nitrogens is 1. The predicted molar refractivity (Wildman–Crippen MR) is 157 cm³/mol. The molecule has 0 bridgehead atoms. The Bertz CT molecular complexity index is 1710. The van der Waals surface area contributed by atoms with Crippen LogP contribution in [0.5, 0.6) is 0 Å². The van der Waals surface area contributed by atoms with Gasteiger partial charge in [0.2, 0.25) is 5.91 Å². The van der Waals surface area contributed by atoms with E-state index in [2.05, 4.69) is 16.3 Å². The van der Waals surface area contributed by atoms with Crippen molar-refractivity contribution in [3.8, 4) is 6.07 Å². The first-order chi connectivity index (χ1) is 20.0. The molecule has 0 fully saturated rings. The molecule has 42 heavy (non-hydrogen) atoms. The number of aryl methyl sites for hydroxylation is 1. The highest BCUT2D eigenvalue weighted by Crippen LogP contribution is 2.27. The average molecular weight is 599 g/mol. The molecule has 4 rings (SSSR count). The van der Waals surface area contributed by atoms with Crippen LogP contribution in [0.4, 0.5) is 30.2 Å². The van der Waals surface area contributed by atoms with Gasteiger partial charge in [-0.2, -0.15) is 18.4 Å². The van der Waals surface area contributed by atoms with Crippen LogP contribution < -0.4 is 35.2 Å². The summed E-state index contributed by atoms with van der Waals surface area (Å²) in [6, 6.07) is 16.7. The molecule has 3 aromatic rings. The highest BCUT2D eigenvalue weighted by atomic mass is 32.1. The van der Waals surface area contributed by atoms with E-state index in [9.17, 15) is 32.8 Å². The lowest BCUT2D eigenvalue weighted by atomic mass is 10.0. The number of hydrogen-bond acceptors (Lipinski definition) is 7. The van der Waals surface area contributed by atoms with E-state index in [1.807, 2.05) is 18.2 Å². The Morgan fingerprint density at radius 2 is 1.95 bits per heavy atom. The third kappa shape index (κ3) is 7.01. The molecular weight excluding hydrogens is 569 g/mol. The number of hydrogen-bond donors (Lipinski definition) is 2. The van der Waals surface area contributed by atoms with Crippen molar-refractivity contribution in [1.29, 1.82) is 5.26 Å². The smallest absolute Gasteiger partial charge is 0.362 e. The molecule has 0 spiro atoms. The van der Waals surface area contributed by atoms with Gasteiger partial charge in [-0.3, -0.25) is 19.0 Å². The van der Waals surface area contributed by atoms with Gasteiger partial charge in [0.05, 0.1) is 6.54 Å².